The first-order chi connectivity index (χ1) is 10.8. The van der Waals surface area contributed by atoms with Crippen molar-refractivity contribution >= 4 is 10.9 Å². The Hall–Kier alpha value is -2.06. The molecule has 0 aliphatic heterocycles. The van der Waals surface area contributed by atoms with Crippen molar-refractivity contribution in [3.05, 3.63) is 71.9 Å². The lowest BCUT2D eigenvalue weighted by molar-refractivity contribution is 0.317. The highest BCUT2D eigenvalue weighted by atomic mass is 15.2. The van der Waals surface area contributed by atoms with E-state index in [0.717, 1.165) is 19.1 Å². The normalized spacial score (nSPS) is 14.8. The van der Waals surface area contributed by atoms with Gasteiger partial charge in [0.25, 0.3) is 0 Å². The van der Waals surface area contributed by atoms with Crippen LogP contribution in [0, 0.1) is 0 Å². The second-order valence-electron chi connectivity index (χ2n) is 6.43. The molecule has 0 N–H and O–H groups in total. The number of rotatable bonds is 5. The molecule has 112 valence electrons. The monoisotopic (exact) mass is 290 g/mol. The fraction of sp³-hybridized carbons (Fsp3) is 0.300. The molecule has 1 heterocycles. The molecule has 3 aromatic rings. The first-order valence-corrected chi connectivity index (χ1v) is 8.12. The SMILES string of the molecule is CN(Cc1cn(Cc2ccccc2)c2ccccc12)C1CC1. The summed E-state index contributed by atoms with van der Waals surface area (Å²) < 4.78 is 2.39. The molecule has 1 aromatic heterocycles. The van der Waals surface area contributed by atoms with Crippen LogP contribution in [0.4, 0.5) is 0 Å². The second-order valence-corrected chi connectivity index (χ2v) is 6.43. The minimum Gasteiger partial charge on any atom is -0.343 e. The fourth-order valence-corrected chi connectivity index (χ4v) is 3.27. The predicted molar refractivity (Wildman–Crippen MR) is 92.0 cm³/mol. The van der Waals surface area contributed by atoms with Crippen molar-refractivity contribution in [2.45, 2.75) is 32.0 Å². The first kappa shape index (κ1) is 13.6. The van der Waals surface area contributed by atoms with Gasteiger partial charge in [0, 0.05) is 36.2 Å². The van der Waals surface area contributed by atoms with Crippen molar-refractivity contribution in [3.8, 4) is 0 Å². The lowest BCUT2D eigenvalue weighted by Crippen LogP contribution is -2.19. The van der Waals surface area contributed by atoms with Gasteiger partial charge in [-0.3, -0.25) is 4.90 Å². The van der Waals surface area contributed by atoms with E-state index in [-0.39, 0.29) is 0 Å². The van der Waals surface area contributed by atoms with Crippen LogP contribution in [0.25, 0.3) is 10.9 Å². The Morgan fingerprint density at radius 3 is 2.50 bits per heavy atom. The van der Waals surface area contributed by atoms with Crippen LogP contribution < -0.4 is 0 Å². The summed E-state index contributed by atoms with van der Waals surface area (Å²) in [7, 11) is 2.25. The molecular formula is C20H22N2. The highest BCUT2D eigenvalue weighted by Crippen LogP contribution is 2.29. The van der Waals surface area contributed by atoms with E-state index < -0.39 is 0 Å². The summed E-state index contributed by atoms with van der Waals surface area (Å²) in [5.41, 5.74) is 4.14. The number of fused-ring (bicyclic) bond motifs is 1. The lowest BCUT2D eigenvalue weighted by Gasteiger charge is -2.14. The maximum absolute atomic E-state index is 2.49. The van der Waals surface area contributed by atoms with E-state index in [1.54, 1.807) is 0 Å². The summed E-state index contributed by atoms with van der Waals surface area (Å²) in [6, 6.07) is 20.3. The largest absolute Gasteiger partial charge is 0.343 e. The van der Waals surface area contributed by atoms with Crippen molar-refractivity contribution in [1.82, 2.24) is 9.47 Å². The number of nitrogens with zero attached hydrogens (tertiary/aromatic N) is 2. The molecule has 1 aliphatic carbocycles. The predicted octanol–water partition coefficient (Wildman–Crippen LogP) is 4.28. The van der Waals surface area contributed by atoms with Gasteiger partial charge in [-0.15, -0.1) is 0 Å². The van der Waals surface area contributed by atoms with Crippen LogP contribution in [0.2, 0.25) is 0 Å². The van der Waals surface area contributed by atoms with Gasteiger partial charge in [0.2, 0.25) is 0 Å². The number of hydrogen-bond acceptors (Lipinski definition) is 1. The van der Waals surface area contributed by atoms with Crippen LogP contribution in [0.1, 0.15) is 24.0 Å². The zero-order valence-electron chi connectivity index (χ0n) is 13.1. The van der Waals surface area contributed by atoms with Crippen molar-refractivity contribution in [2.24, 2.45) is 0 Å². The van der Waals surface area contributed by atoms with Gasteiger partial charge < -0.3 is 4.57 Å². The maximum Gasteiger partial charge on any atom is 0.0486 e. The molecule has 2 aromatic carbocycles. The molecule has 2 nitrogen and oxygen atoms in total. The zero-order valence-corrected chi connectivity index (χ0v) is 13.1. The quantitative estimate of drug-likeness (QED) is 0.681. The molecule has 2 heteroatoms. The van der Waals surface area contributed by atoms with E-state index in [1.807, 2.05) is 0 Å². The molecule has 0 unspecified atom stereocenters. The van der Waals surface area contributed by atoms with Crippen molar-refractivity contribution in [3.63, 3.8) is 0 Å². The molecule has 4 rings (SSSR count). The molecule has 1 fully saturated rings. The molecule has 0 saturated heterocycles. The molecule has 0 atom stereocenters. The first-order valence-electron chi connectivity index (χ1n) is 8.12. The van der Waals surface area contributed by atoms with E-state index >= 15 is 0 Å². The van der Waals surface area contributed by atoms with E-state index in [2.05, 4.69) is 77.3 Å². The third kappa shape index (κ3) is 2.67. The van der Waals surface area contributed by atoms with Crippen LogP contribution in [-0.4, -0.2) is 22.6 Å². The standard InChI is InChI=1S/C20H22N2/c1-21(18-11-12-18)14-17-15-22(13-16-7-3-2-4-8-16)20-10-6-5-9-19(17)20/h2-10,15,18H,11-14H2,1H3. The molecule has 0 bridgehead atoms. The Bertz CT molecular complexity index is 769. The Labute approximate surface area is 132 Å². The van der Waals surface area contributed by atoms with Gasteiger partial charge >= 0.3 is 0 Å². The van der Waals surface area contributed by atoms with Gasteiger partial charge in [0.05, 0.1) is 0 Å². The number of benzene rings is 2. The summed E-state index contributed by atoms with van der Waals surface area (Å²) in [5.74, 6) is 0. The third-order valence-electron chi connectivity index (χ3n) is 4.66. The second kappa shape index (κ2) is 5.62. The van der Waals surface area contributed by atoms with E-state index in [1.165, 1.54) is 34.9 Å². The maximum atomic E-state index is 2.49. The topological polar surface area (TPSA) is 8.17 Å². The smallest absolute Gasteiger partial charge is 0.0486 e. The minimum atomic E-state index is 0.802. The number of para-hydroxylation sites is 1. The Balaban J connectivity index is 1.68. The highest BCUT2D eigenvalue weighted by molar-refractivity contribution is 5.84. The molecule has 1 aliphatic rings. The summed E-state index contributed by atoms with van der Waals surface area (Å²) in [6.45, 7) is 1.99. The molecular weight excluding hydrogens is 268 g/mol. The summed E-state index contributed by atoms with van der Waals surface area (Å²) in [5, 5.41) is 1.39. The van der Waals surface area contributed by atoms with Gasteiger partial charge in [0.1, 0.15) is 0 Å². The van der Waals surface area contributed by atoms with Gasteiger partial charge in [-0.2, -0.15) is 0 Å². The van der Waals surface area contributed by atoms with Gasteiger partial charge in [-0.1, -0.05) is 48.5 Å². The highest BCUT2D eigenvalue weighted by Gasteiger charge is 2.26. The fourth-order valence-electron chi connectivity index (χ4n) is 3.27. The minimum absolute atomic E-state index is 0.802. The Morgan fingerprint density at radius 1 is 1.00 bits per heavy atom. The Morgan fingerprint density at radius 2 is 1.73 bits per heavy atom. The van der Waals surface area contributed by atoms with Crippen molar-refractivity contribution in [1.29, 1.82) is 0 Å². The average molecular weight is 290 g/mol. The molecule has 0 amide bonds. The van der Waals surface area contributed by atoms with Crippen LogP contribution >= 0.6 is 0 Å². The average Bonchev–Trinajstić information content (AvgIpc) is 3.35. The van der Waals surface area contributed by atoms with Gasteiger partial charge in [0.15, 0.2) is 0 Å². The zero-order chi connectivity index (χ0) is 14.9. The van der Waals surface area contributed by atoms with Crippen molar-refractivity contribution < 1.29 is 0 Å². The van der Waals surface area contributed by atoms with E-state index in [0.29, 0.717) is 0 Å². The summed E-state index contributed by atoms with van der Waals surface area (Å²) >= 11 is 0. The van der Waals surface area contributed by atoms with Crippen LogP contribution in [0.3, 0.4) is 0 Å². The van der Waals surface area contributed by atoms with Crippen LogP contribution in [0.15, 0.2) is 60.8 Å². The molecule has 0 spiro atoms. The van der Waals surface area contributed by atoms with Crippen LogP contribution in [-0.2, 0) is 13.1 Å². The molecule has 22 heavy (non-hydrogen) atoms. The Kier molecular flexibility index (Phi) is 3.47. The van der Waals surface area contributed by atoms with Gasteiger partial charge in [-0.05, 0) is 37.1 Å². The third-order valence-corrected chi connectivity index (χ3v) is 4.66. The summed E-state index contributed by atoms with van der Waals surface area (Å²) in [6.07, 6.45) is 5.06. The van der Waals surface area contributed by atoms with E-state index in [4.69, 9.17) is 0 Å². The number of aromatic nitrogens is 1. The number of hydrogen-bond donors (Lipinski definition) is 0. The molecule has 1 saturated carbocycles. The van der Waals surface area contributed by atoms with Crippen LogP contribution in [0.5, 0.6) is 0 Å². The lowest BCUT2D eigenvalue weighted by atomic mass is 10.1. The van der Waals surface area contributed by atoms with Crippen molar-refractivity contribution in [2.75, 3.05) is 7.05 Å². The summed E-state index contributed by atoms with van der Waals surface area (Å²) in [4.78, 5) is 2.49. The van der Waals surface area contributed by atoms with Gasteiger partial charge in [-0.25, -0.2) is 0 Å². The van der Waals surface area contributed by atoms with E-state index in [9.17, 15) is 0 Å². The molecule has 0 radical (unpaired) electrons.